The van der Waals surface area contributed by atoms with E-state index in [0.29, 0.717) is 0 Å². The second-order valence-electron chi connectivity index (χ2n) is 4.43. The summed E-state index contributed by atoms with van der Waals surface area (Å²) in [7, 11) is 0. The maximum absolute atomic E-state index is 12.0. The molecule has 92 valence electrons. The molecule has 1 heterocycles. The van der Waals surface area contributed by atoms with Crippen molar-refractivity contribution in [2.45, 2.75) is 26.2 Å². The lowest BCUT2D eigenvalue weighted by atomic mass is 10.0. The second kappa shape index (κ2) is 6.10. The average Bonchev–Trinajstić information content (AvgIpc) is 2.40. The Hall–Kier alpha value is -0.960. The van der Waals surface area contributed by atoms with Gasteiger partial charge in [-0.25, -0.2) is 0 Å². The number of carbonyl (C=O) groups excluding carboxylic acids is 1. The Balaban J connectivity index is 1.92. The molecule has 1 aromatic carbocycles. The van der Waals surface area contributed by atoms with Gasteiger partial charge in [-0.3, -0.25) is 4.79 Å². The van der Waals surface area contributed by atoms with E-state index in [0.717, 1.165) is 36.5 Å². The first-order chi connectivity index (χ1) is 8.29. The van der Waals surface area contributed by atoms with Crippen LogP contribution < -0.4 is 5.32 Å². The first kappa shape index (κ1) is 12.5. The Morgan fingerprint density at radius 3 is 2.53 bits per heavy atom. The molecule has 17 heavy (non-hydrogen) atoms. The van der Waals surface area contributed by atoms with Crippen LogP contribution >= 0.6 is 11.8 Å². The number of anilines is 1. The fourth-order valence-electron chi connectivity index (χ4n) is 2.03. The molecule has 0 unspecified atom stereocenters. The van der Waals surface area contributed by atoms with Crippen molar-refractivity contribution < 1.29 is 4.79 Å². The van der Waals surface area contributed by atoms with Gasteiger partial charge in [-0.2, -0.15) is 11.8 Å². The van der Waals surface area contributed by atoms with Crippen LogP contribution in [0.2, 0.25) is 0 Å². The minimum atomic E-state index is 0.189. The van der Waals surface area contributed by atoms with Crippen LogP contribution in [0.4, 0.5) is 5.69 Å². The van der Waals surface area contributed by atoms with Gasteiger partial charge in [0.05, 0.1) is 0 Å². The van der Waals surface area contributed by atoms with E-state index < -0.39 is 0 Å². The molecular weight excluding hydrogens is 230 g/mol. The molecular formula is C14H19NOS. The minimum Gasteiger partial charge on any atom is -0.326 e. The third-order valence-corrected chi connectivity index (χ3v) is 4.27. The zero-order chi connectivity index (χ0) is 12.1. The van der Waals surface area contributed by atoms with Crippen LogP contribution in [-0.2, 0) is 11.2 Å². The average molecular weight is 249 g/mol. The van der Waals surface area contributed by atoms with Gasteiger partial charge in [-0.15, -0.1) is 0 Å². The molecule has 1 N–H and O–H groups in total. The van der Waals surface area contributed by atoms with Crippen molar-refractivity contribution in [2.75, 3.05) is 16.8 Å². The first-order valence-electron chi connectivity index (χ1n) is 6.27. The largest absolute Gasteiger partial charge is 0.326 e. The topological polar surface area (TPSA) is 29.1 Å². The number of hydrogen-bond donors (Lipinski definition) is 1. The number of rotatable bonds is 3. The highest BCUT2D eigenvalue weighted by Crippen LogP contribution is 2.24. The number of amides is 1. The van der Waals surface area contributed by atoms with E-state index in [-0.39, 0.29) is 11.8 Å². The number of aryl methyl sites for hydroxylation is 1. The summed E-state index contributed by atoms with van der Waals surface area (Å²) in [6, 6.07) is 8.14. The molecule has 3 heteroatoms. The molecule has 1 aliphatic rings. The van der Waals surface area contributed by atoms with E-state index in [1.165, 1.54) is 5.56 Å². The maximum Gasteiger partial charge on any atom is 0.227 e. The third-order valence-electron chi connectivity index (χ3n) is 3.22. The standard InChI is InChI=1S/C14H19NOS/c1-2-11-3-5-13(6-4-11)15-14(16)12-7-9-17-10-8-12/h3-6,12H,2,7-10H2,1H3,(H,15,16). The first-order valence-corrected chi connectivity index (χ1v) is 7.42. The summed E-state index contributed by atoms with van der Waals surface area (Å²) in [6.07, 6.45) is 3.07. The molecule has 0 bridgehead atoms. The molecule has 0 atom stereocenters. The number of carbonyl (C=O) groups is 1. The summed E-state index contributed by atoms with van der Waals surface area (Å²) >= 11 is 1.95. The highest BCUT2D eigenvalue weighted by molar-refractivity contribution is 7.99. The number of hydrogen-bond acceptors (Lipinski definition) is 2. The van der Waals surface area contributed by atoms with Gasteiger partial charge in [0.2, 0.25) is 5.91 Å². The molecule has 1 amide bonds. The lowest BCUT2D eigenvalue weighted by Crippen LogP contribution is -2.26. The fourth-order valence-corrected chi connectivity index (χ4v) is 3.13. The normalized spacial score (nSPS) is 16.8. The quantitative estimate of drug-likeness (QED) is 0.890. The highest BCUT2D eigenvalue weighted by Gasteiger charge is 2.21. The van der Waals surface area contributed by atoms with Crippen molar-refractivity contribution >= 4 is 23.4 Å². The molecule has 0 aliphatic carbocycles. The molecule has 1 aliphatic heterocycles. The van der Waals surface area contributed by atoms with Crippen molar-refractivity contribution in [2.24, 2.45) is 5.92 Å². The van der Waals surface area contributed by atoms with Crippen molar-refractivity contribution in [1.82, 2.24) is 0 Å². The molecule has 0 saturated carbocycles. The number of thioether (sulfide) groups is 1. The van der Waals surface area contributed by atoms with E-state index >= 15 is 0 Å². The van der Waals surface area contributed by atoms with Crippen molar-refractivity contribution in [1.29, 1.82) is 0 Å². The van der Waals surface area contributed by atoms with Gasteiger partial charge >= 0.3 is 0 Å². The Kier molecular flexibility index (Phi) is 4.49. The third kappa shape index (κ3) is 3.50. The highest BCUT2D eigenvalue weighted by atomic mass is 32.2. The zero-order valence-electron chi connectivity index (χ0n) is 10.2. The van der Waals surface area contributed by atoms with E-state index in [1.807, 2.05) is 23.9 Å². The van der Waals surface area contributed by atoms with Gasteiger partial charge in [0.25, 0.3) is 0 Å². The molecule has 1 aromatic rings. The Bertz CT molecular complexity index is 368. The van der Waals surface area contributed by atoms with Crippen molar-refractivity contribution in [3.63, 3.8) is 0 Å². The number of nitrogens with one attached hydrogen (secondary N) is 1. The zero-order valence-corrected chi connectivity index (χ0v) is 11.1. The van der Waals surface area contributed by atoms with Crippen molar-refractivity contribution in [3.8, 4) is 0 Å². The molecule has 0 aromatic heterocycles. The van der Waals surface area contributed by atoms with Gasteiger partial charge in [0.1, 0.15) is 0 Å². The minimum absolute atomic E-state index is 0.189. The van der Waals surface area contributed by atoms with Gasteiger partial charge in [0, 0.05) is 11.6 Å². The van der Waals surface area contributed by atoms with Gasteiger partial charge in [-0.05, 0) is 48.5 Å². The maximum atomic E-state index is 12.0. The smallest absolute Gasteiger partial charge is 0.227 e. The lowest BCUT2D eigenvalue weighted by Gasteiger charge is -2.20. The molecule has 1 saturated heterocycles. The summed E-state index contributed by atoms with van der Waals surface area (Å²) in [5.41, 5.74) is 2.22. The van der Waals surface area contributed by atoms with Crippen molar-refractivity contribution in [3.05, 3.63) is 29.8 Å². The Morgan fingerprint density at radius 1 is 1.29 bits per heavy atom. The summed E-state index contributed by atoms with van der Waals surface area (Å²) in [4.78, 5) is 12.0. The molecule has 0 radical (unpaired) electrons. The SMILES string of the molecule is CCc1ccc(NC(=O)C2CCSCC2)cc1. The van der Waals surface area contributed by atoms with Crippen LogP contribution in [0.25, 0.3) is 0 Å². The molecule has 1 fully saturated rings. The summed E-state index contributed by atoms with van der Waals surface area (Å²) in [6.45, 7) is 2.13. The van der Waals surface area contributed by atoms with Crippen LogP contribution in [0.3, 0.4) is 0 Å². The summed E-state index contributed by atoms with van der Waals surface area (Å²) in [5, 5.41) is 3.01. The second-order valence-corrected chi connectivity index (χ2v) is 5.65. The monoisotopic (exact) mass is 249 g/mol. The van der Waals surface area contributed by atoms with Crippen LogP contribution in [-0.4, -0.2) is 17.4 Å². The van der Waals surface area contributed by atoms with E-state index in [1.54, 1.807) is 0 Å². The van der Waals surface area contributed by atoms with Crippen LogP contribution in [0, 0.1) is 5.92 Å². The van der Waals surface area contributed by atoms with Gasteiger partial charge < -0.3 is 5.32 Å². The van der Waals surface area contributed by atoms with Gasteiger partial charge in [-0.1, -0.05) is 19.1 Å². The summed E-state index contributed by atoms with van der Waals surface area (Å²) < 4.78 is 0. The predicted molar refractivity (Wildman–Crippen MR) is 74.5 cm³/mol. The lowest BCUT2D eigenvalue weighted by molar-refractivity contribution is -0.120. The van der Waals surface area contributed by atoms with Crippen LogP contribution in [0.5, 0.6) is 0 Å². The number of benzene rings is 1. The summed E-state index contributed by atoms with van der Waals surface area (Å²) in [5.74, 6) is 2.64. The molecule has 2 nitrogen and oxygen atoms in total. The van der Waals surface area contributed by atoms with E-state index in [2.05, 4.69) is 24.4 Å². The fraction of sp³-hybridized carbons (Fsp3) is 0.500. The van der Waals surface area contributed by atoms with E-state index in [9.17, 15) is 4.79 Å². The molecule has 0 spiro atoms. The Morgan fingerprint density at radius 2 is 1.94 bits per heavy atom. The van der Waals surface area contributed by atoms with E-state index in [4.69, 9.17) is 0 Å². The Labute approximate surface area is 107 Å². The predicted octanol–water partition coefficient (Wildman–Crippen LogP) is 3.33. The molecule has 2 rings (SSSR count). The van der Waals surface area contributed by atoms with Gasteiger partial charge in [0.15, 0.2) is 0 Å². The van der Waals surface area contributed by atoms with Crippen LogP contribution in [0.15, 0.2) is 24.3 Å². The van der Waals surface area contributed by atoms with Crippen LogP contribution in [0.1, 0.15) is 25.3 Å².